The number of amides is 1. The Labute approximate surface area is 97.0 Å². The fourth-order valence-corrected chi connectivity index (χ4v) is 2.69. The number of anilines is 1. The van der Waals surface area contributed by atoms with E-state index in [4.69, 9.17) is 5.11 Å². The predicted octanol–water partition coefficient (Wildman–Crippen LogP) is 1.82. The third-order valence-electron chi connectivity index (χ3n) is 2.50. The number of nitrogens with one attached hydrogen (secondary N) is 1. The van der Waals surface area contributed by atoms with Crippen LogP contribution in [0.25, 0.3) is 0 Å². The molecule has 84 valence electrons. The fraction of sp³-hybridized carbons (Fsp3) is 0.273. The molecule has 0 aromatic heterocycles. The Kier molecular flexibility index (Phi) is 2.87. The summed E-state index contributed by atoms with van der Waals surface area (Å²) in [5.41, 5.74) is 0.756. The van der Waals surface area contributed by atoms with Gasteiger partial charge in [0.15, 0.2) is 0 Å². The van der Waals surface area contributed by atoms with Crippen molar-refractivity contribution in [2.24, 2.45) is 5.92 Å². The van der Waals surface area contributed by atoms with E-state index in [1.165, 1.54) is 11.8 Å². The molecule has 4 nitrogen and oxygen atoms in total. The molecule has 2 atom stereocenters. The smallest absolute Gasteiger partial charge is 0.307 e. The first-order valence-electron chi connectivity index (χ1n) is 4.89. The second-order valence-corrected chi connectivity index (χ2v) is 4.83. The van der Waals surface area contributed by atoms with Crippen LogP contribution in [0.4, 0.5) is 5.69 Å². The number of carbonyl (C=O) groups is 2. The van der Waals surface area contributed by atoms with Crippen molar-refractivity contribution in [2.75, 3.05) is 5.32 Å². The Bertz CT molecular complexity index is 447. The number of hydrogen-bond donors (Lipinski definition) is 2. The lowest BCUT2D eigenvalue weighted by molar-refractivity contribution is -0.142. The molecule has 0 bridgehead atoms. The summed E-state index contributed by atoms with van der Waals surface area (Å²) in [5, 5.41) is 11.1. The molecule has 0 unspecified atom stereocenters. The second kappa shape index (κ2) is 4.17. The average molecular weight is 237 g/mol. The molecular weight excluding hydrogens is 226 g/mol. The van der Waals surface area contributed by atoms with Crippen molar-refractivity contribution in [2.45, 2.75) is 17.1 Å². The molecule has 0 aliphatic carbocycles. The van der Waals surface area contributed by atoms with Crippen molar-refractivity contribution in [3.8, 4) is 0 Å². The van der Waals surface area contributed by atoms with Crippen LogP contribution in [0.15, 0.2) is 29.2 Å². The molecule has 0 fully saturated rings. The lowest BCUT2D eigenvalue weighted by Gasteiger charge is -2.26. The SMILES string of the molecule is C[C@@H](C(=O)O)[C@H]1Sc2ccccc2NC1=O. The van der Waals surface area contributed by atoms with Gasteiger partial charge < -0.3 is 10.4 Å². The summed E-state index contributed by atoms with van der Waals surface area (Å²) in [4.78, 5) is 23.5. The summed E-state index contributed by atoms with van der Waals surface area (Å²) in [6, 6.07) is 7.38. The fourth-order valence-electron chi connectivity index (χ4n) is 1.53. The first-order chi connectivity index (χ1) is 7.59. The Hall–Kier alpha value is -1.49. The van der Waals surface area contributed by atoms with E-state index in [-0.39, 0.29) is 5.91 Å². The van der Waals surface area contributed by atoms with Crippen molar-refractivity contribution in [3.63, 3.8) is 0 Å². The van der Waals surface area contributed by atoms with Crippen molar-refractivity contribution in [3.05, 3.63) is 24.3 Å². The number of fused-ring (bicyclic) bond motifs is 1. The molecule has 0 saturated carbocycles. The van der Waals surface area contributed by atoms with Gasteiger partial charge in [-0.05, 0) is 12.1 Å². The Morgan fingerprint density at radius 3 is 2.88 bits per heavy atom. The van der Waals surface area contributed by atoms with Crippen LogP contribution in [0, 0.1) is 5.92 Å². The zero-order chi connectivity index (χ0) is 11.7. The summed E-state index contributed by atoms with van der Waals surface area (Å²) >= 11 is 1.31. The van der Waals surface area contributed by atoms with Crippen LogP contribution in [0.5, 0.6) is 0 Å². The molecule has 1 amide bonds. The highest BCUT2D eigenvalue weighted by Crippen LogP contribution is 2.38. The van der Waals surface area contributed by atoms with E-state index in [1.54, 1.807) is 6.92 Å². The predicted molar refractivity (Wildman–Crippen MR) is 61.5 cm³/mol. The normalized spacial score (nSPS) is 20.8. The van der Waals surface area contributed by atoms with Crippen LogP contribution in [0.2, 0.25) is 0 Å². The molecule has 1 heterocycles. The van der Waals surface area contributed by atoms with Gasteiger partial charge in [-0.25, -0.2) is 0 Å². The lowest BCUT2D eigenvalue weighted by Crippen LogP contribution is -2.37. The number of rotatable bonds is 2. The van der Waals surface area contributed by atoms with Gasteiger partial charge in [0.1, 0.15) is 5.25 Å². The minimum absolute atomic E-state index is 0.237. The maximum Gasteiger partial charge on any atom is 0.307 e. The van der Waals surface area contributed by atoms with Crippen molar-refractivity contribution < 1.29 is 14.7 Å². The largest absolute Gasteiger partial charge is 0.481 e. The number of benzene rings is 1. The van der Waals surface area contributed by atoms with Crippen LogP contribution in [0.3, 0.4) is 0 Å². The van der Waals surface area contributed by atoms with E-state index in [9.17, 15) is 9.59 Å². The van der Waals surface area contributed by atoms with E-state index in [0.29, 0.717) is 0 Å². The van der Waals surface area contributed by atoms with Gasteiger partial charge in [0.25, 0.3) is 0 Å². The van der Waals surface area contributed by atoms with E-state index < -0.39 is 17.1 Å². The van der Waals surface area contributed by atoms with Gasteiger partial charge in [-0.3, -0.25) is 9.59 Å². The standard InChI is InChI=1S/C11H11NO3S/c1-6(11(14)15)9-10(13)12-7-4-2-3-5-8(7)16-9/h2-6,9H,1H3,(H,12,13)(H,14,15)/t6-,9-/m1/s1. The molecule has 2 N–H and O–H groups in total. The van der Waals surface area contributed by atoms with Gasteiger partial charge >= 0.3 is 5.97 Å². The quantitative estimate of drug-likeness (QED) is 0.823. The molecule has 1 aliphatic heterocycles. The number of carbonyl (C=O) groups excluding carboxylic acids is 1. The molecule has 0 radical (unpaired) electrons. The maximum atomic E-state index is 11.7. The second-order valence-electron chi connectivity index (χ2n) is 3.65. The van der Waals surface area contributed by atoms with Crippen LogP contribution in [0.1, 0.15) is 6.92 Å². The van der Waals surface area contributed by atoms with Gasteiger partial charge in [-0.15, -0.1) is 11.8 Å². The molecule has 0 saturated heterocycles. The molecular formula is C11H11NO3S. The third-order valence-corrected chi connectivity index (χ3v) is 3.99. The van der Waals surface area contributed by atoms with Gasteiger partial charge in [-0.1, -0.05) is 19.1 Å². The van der Waals surface area contributed by atoms with E-state index in [2.05, 4.69) is 5.32 Å². The van der Waals surface area contributed by atoms with Crippen molar-refractivity contribution >= 4 is 29.3 Å². The maximum absolute atomic E-state index is 11.7. The Morgan fingerprint density at radius 2 is 2.19 bits per heavy atom. The first-order valence-corrected chi connectivity index (χ1v) is 5.77. The summed E-state index contributed by atoms with van der Waals surface area (Å²) in [7, 11) is 0. The van der Waals surface area contributed by atoms with Crippen molar-refractivity contribution in [1.82, 2.24) is 0 Å². The number of carboxylic acid groups (broad SMARTS) is 1. The highest BCUT2D eigenvalue weighted by atomic mass is 32.2. The topological polar surface area (TPSA) is 66.4 Å². The lowest BCUT2D eigenvalue weighted by atomic mass is 10.1. The minimum atomic E-state index is -0.952. The molecule has 16 heavy (non-hydrogen) atoms. The van der Waals surface area contributed by atoms with Crippen LogP contribution < -0.4 is 5.32 Å². The van der Waals surface area contributed by atoms with Crippen LogP contribution in [-0.4, -0.2) is 22.2 Å². The van der Waals surface area contributed by atoms with E-state index >= 15 is 0 Å². The molecule has 5 heteroatoms. The monoisotopic (exact) mass is 237 g/mol. The summed E-state index contributed by atoms with van der Waals surface area (Å²) in [5.74, 6) is -1.89. The van der Waals surface area contributed by atoms with Gasteiger partial charge in [-0.2, -0.15) is 0 Å². The number of aliphatic carboxylic acids is 1. The number of thioether (sulfide) groups is 1. The Morgan fingerprint density at radius 1 is 1.50 bits per heavy atom. The summed E-state index contributed by atoms with van der Waals surface area (Å²) < 4.78 is 0. The van der Waals surface area contributed by atoms with Crippen LogP contribution in [-0.2, 0) is 9.59 Å². The van der Waals surface area contributed by atoms with E-state index in [1.807, 2.05) is 24.3 Å². The highest BCUT2D eigenvalue weighted by molar-refractivity contribution is 8.01. The summed E-state index contributed by atoms with van der Waals surface area (Å²) in [6.07, 6.45) is 0. The molecule has 2 rings (SSSR count). The van der Waals surface area contributed by atoms with Gasteiger partial charge in [0.2, 0.25) is 5.91 Å². The van der Waals surface area contributed by atoms with Crippen LogP contribution >= 0.6 is 11.8 Å². The summed E-state index contributed by atoms with van der Waals surface area (Å²) in [6.45, 7) is 1.55. The zero-order valence-electron chi connectivity index (χ0n) is 8.64. The van der Waals surface area contributed by atoms with Gasteiger partial charge in [0, 0.05) is 4.90 Å². The molecule has 1 aromatic rings. The molecule has 1 aromatic carbocycles. The number of hydrogen-bond acceptors (Lipinski definition) is 3. The van der Waals surface area contributed by atoms with Gasteiger partial charge in [0.05, 0.1) is 11.6 Å². The third kappa shape index (κ3) is 1.90. The zero-order valence-corrected chi connectivity index (χ0v) is 9.45. The number of para-hydroxylation sites is 1. The minimum Gasteiger partial charge on any atom is -0.481 e. The average Bonchev–Trinajstić information content (AvgIpc) is 2.27. The Balaban J connectivity index is 2.28. The molecule has 1 aliphatic rings. The van der Waals surface area contributed by atoms with Crippen molar-refractivity contribution in [1.29, 1.82) is 0 Å². The van der Waals surface area contributed by atoms with E-state index in [0.717, 1.165) is 10.6 Å². The molecule has 0 spiro atoms. The first kappa shape index (κ1) is 11.0. The highest BCUT2D eigenvalue weighted by Gasteiger charge is 2.34. The number of carboxylic acids is 1.